The van der Waals surface area contributed by atoms with E-state index < -0.39 is 0 Å². The number of aryl methyl sites for hydroxylation is 2. The minimum absolute atomic E-state index is 0.347. The first-order valence-electron chi connectivity index (χ1n) is 11.3. The highest BCUT2D eigenvalue weighted by Crippen LogP contribution is 2.33. The molecule has 0 bridgehead atoms. The number of anilines is 1. The van der Waals surface area contributed by atoms with Crippen molar-refractivity contribution in [1.29, 1.82) is 0 Å². The van der Waals surface area contributed by atoms with Crippen molar-refractivity contribution in [2.75, 3.05) is 45.7 Å². The average molecular weight is 423 g/mol. The van der Waals surface area contributed by atoms with E-state index in [-0.39, 0.29) is 0 Å². The Labute approximate surface area is 185 Å². The third kappa shape index (κ3) is 5.31. The summed E-state index contributed by atoms with van der Waals surface area (Å²) in [4.78, 5) is 23.0. The number of aliphatic imine (C=N–C) groups is 1. The normalized spacial score (nSPS) is 17.8. The second-order valence-corrected chi connectivity index (χ2v) is 8.59. The molecule has 0 spiro atoms. The number of hydrogen-bond acceptors (Lipinski definition) is 8. The molecule has 1 unspecified atom stereocenters. The smallest absolute Gasteiger partial charge is 0.225 e. The van der Waals surface area contributed by atoms with Gasteiger partial charge in [0, 0.05) is 51.7 Å². The molecule has 31 heavy (non-hydrogen) atoms. The van der Waals surface area contributed by atoms with Gasteiger partial charge in [-0.05, 0) is 50.8 Å². The van der Waals surface area contributed by atoms with Crippen molar-refractivity contribution < 1.29 is 0 Å². The summed E-state index contributed by atoms with van der Waals surface area (Å²) < 4.78 is 0. The van der Waals surface area contributed by atoms with Gasteiger partial charge < -0.3 is 15.5 Å². The molecule has 8 heteroatoms. The topological polar surface area (TPSA) is 81.6 Å². The van der Waals surface area contributed by atoms with E-state index in [0.29, 0.717) is 6.04 Å². The van der Waals surface area contributed by atoms with Gasteiger partial charge in [0.15, 0.2) is 5.96 Å². The molecule has 166 valence electrons. The van der Waals surface area contributed by atoms with Gasteiger partial charge in [-0.3, -0.25) is 14.9 Å². The highest BCUT2D eigenvalue weighted by Gasteiger charge is 2.25. The lowest BCUT2D eigenvalue weighted by Crippen LogP contribution is -2.34. The van der Waals surface area contributed by atoms with E-state index in [4.69, 9.17) is 9.97 Å². The summed E-state index contributed by atoms with van der Waals surface area (Å²) in [5, 5.41) is 6.63. The summed E-state index contributed by atoms with van der Waals surface area (Å²) in [6, 6.07) is 4.62. The minimum atomic E-state index is 0.347. The van der Waals surface area contributed by atoms with Crippen molar-refractivity contribution in [1.82, 2.24) is 30.5 Å². The van der Waals surface area contributed by atoms with Crippen LogP contribution >= 0.6 is 0 Å². The van der Waals surface area contributed by atoms with E-state index in [2.05, 4.69) is 38.6 Å². The predicted octanol–water partition coefficient (Wildman–Crippen LogP) is 1.93. The summed E-state index contributed by atoms with van der Waals surface area (Å²) in [6.45, 7) is 3.49. The molecule has 1 aliphatic heterocycles. The Morgan fingerprint density at radius 1 is 1.23 bits per heavy atom. The zero-order chi connectivity index (χ0) is 21.6. The quantitative estimate of drug-likeness (QED) is 0.629. The van der Waals surface area contributed by atoms with E-state index in [0.717, 1.165) is 69.5 Å². The molecular formula is C23H34N8. The lowest BCUT2D eigenvalue weighted by molar-refractivity contribution is 0.207. The summed E-state index contributed by atoms with van der Waals surface area (Å²) in [6.07, 6.45) is 9.31. The molecule has 0 aromatic carbocycles. The van der Waals surface area contributed by atoms with Gasteiger partial charge in [0.2, 0.25) is 5.95 Å². The van der Waals surface area contributed by atoms with Gasteiger partial charge in [0.1, 0.15) is 0 Å². The highest BCUT2D eigenvalue weighted by molar-refractivity contribution is 5.81. The molecule has 2 aromatic rings. The van der Waals surface area contributed by atoms with Crippen LogP contribution in [0.5, 0.6) is 0 Å². The molecule has 2 aliphatic rings. The maximum atomic E-state index is 4.88. The van der Waals surface area contributed by atoms with E-state index in [9.17, 15) is 0 Å². The third-order valence-corrected chi connectivity index (χ3v) is 6.02. The fraction of sp³-hybridized carbons (Fsp3) is 0.565. The number of guanidine groups is 1. The first-order valence-corrected chi connectivity index (χ1v) is 11.3. The summed E-state index contributed by atoms with van der Waals surface area (Å²) in [5.41, 5.74) is 4.95. The summed E-state index contributed by atoms with van der Waals surface area (Å²) in [7, 11) is 6.17. The van der Waals surface area contributed by atoms with Crippen LogP contribution in [0.25, 0.3) is 0 Å². The van der Waals surface area contributed by atoms with Crippen molar-refractivity contribution >= 4 is 11.9 Å². The molecule has 0 saturated heterocycles. The Kier molecular flexibility index (Phi) is 6.96. The maximum absolute atomic E-state index is 4.88. The number of nitrogens with one attached hydrogen (secondary N) is 2. The molecule has 3 heterocycles. The van der Waals surface area contributed by atoms with Crippen LogP contribution in [0.1, 0.15) is 47.8 Å². The van der Waals surface area contributed by atoms with Crippen LogP contribution in [0.15, 0.2) is 29.5 Å². The monoisotopic (exact) mass is 422 g/mol. The largest absolute Gasteiger partial charge is 0.356 e. The fourth-order valence-electron chi connectivity index (χ4n) is 4.37. The molecule has 0 radical (unpaired) electrons. The van der Waals surface area contributed by atoms with Crippen molar-refractivity contribution in [3.8, 4) is 0 Å². The molecule has 4 rings (SSSR count). The van der Waals surface area contributed by atoms with Gasteiger partial charge in [-0.25, -0.2) is 9.97 Å². The minimum Gasteiger partial charge on any atom is -0.356 e. The van der Waals surface area contributed by atoms with Crippen LogP contribution in [-0.2, 0) is 19.4 Å². The Hall–Kier alpha value is -2.74. The predicted molar refractivity (Wildman–Crippen MR) is 124 cm³/mol. The van der Waals surface area contributed by atoms with Crippen LogP contribution in [0, 0.1) is 0 Å². The van der Waals surface area contributed by atoms with Gasteiger partial charge in [0.25, 0.3) is 0 Å². The third-order valence-electron chi connectivity index (χ3n) is 6.02. The molecule has 1 aliphatic carbocycles. The van der Waals surface area contributed by atoms with Crippen LogP contribution in [0.4, 0.5) is 5.95 Å². The van der Waals surface area contributed by atoms with Crippen LogP contribution < -0.4 is 15.5 Å². The highest BCUT2D eigenvalue weighted by atomic mass is 15.2. The van der Waals surface area contributed by atoms with Crippen molar-refractivity contribution in [2.24, 2.45) is 4.99 Å². The van der Waals surface area contributed by atoms with Crippen molar-refractivity contribution in [3.05, 3.63) is 47.0 Å². The van der Waals surface area contributed by atoms with Crippen molar-refractivity contribution in [2.45, 2.75) is 44.7 Å². The molecular weight excluding hydrogens is 388 g/mol. The van der Waals surface area contributed by atoms with Crippen LogP contribution in [0.2, 0.25) is 0 Å². The van der Waals surface area contributed by atoms with E-state index in [1.54, 1.807) is 0 Å². The van der Waals surface area contributed by atoms with E-state index in [1.807, 2.05) is 37.5 Å². The first kappa shape index (κ1) is 21.5. The lowest BCUT2D eigenvalue weighted by atomic mass is 9.91. The van der Waals surface area contributed by atoms with Gasteiger partial charge in [0.05, 0.1) is 24.0 Å². The number of rotatable bonds is 8. The summed E-state index contributed by atoms with van der Waals surface area (Å²) in [5.74, 6) is 1.68. The molecule has 2 aromatic heterocycles. The molecule has 0 fully saturated rings. The average Bonchev–Trinajstić information content (AvgIpc) is 3.30. The first-order chi connectivity index (χ1) is 15.1. The standard InChI is InChI=1S/C23H34N8/c1-30(2)23-28-15-18(19(29-23)9-6-12-25-22-26-13-14-27-22)16-31(3)20-10-4-7-17-8-5-11-24-21(17)20/h5,8,11,15,20H,4,6-7,9-10,12-14,16H2,1-3H3,(H2,25,26,27). The molecule has 0 saturated carbocycles. The molecule has 0 amide bonds. The second-order valence-electron chi connectivity index (χ2n) is 8.59. The zero-order valence-corrected chi connectivity index (χ0v) is 18.9. The number of hydrogen-bond donors (Lipinski definition) is 2. The van der Waals surface area contributed by atoms with Gasteiger partial charge in [-0.15, -0.1) is 0 Å². The van der Waals surface area contributed by atoms with Gasteiger partial charge >= 0.3 is 0 Å². The Bertz CT molecular complexity index is 910. The number of aromatic nitrogens is 3. The van der Waals surface area contributed by atoms with Gasteiger partial charge in [-0.1, -0.05) is 6.07 Å². The number of nitrogens with zero attached hydrogens (tertiary/aromatic N) is 6. The molecule has 2 N–H and O–H groups in total. The van der Waals surface area contributed by atoms with Crippen molar-refractivity contribution in [3.63, 3.8) is 0 Å². The Morgan fingerprint density at radius 2 is 2.13 bits per heavy atom. The number of pyridine rings is 1. The number of fused-ring (bicyclic) bond motifs is 1. The Morgan fingerprint density at radius 3 is 2.94 bits per heavy atom. The van der Waals surface area contributed by atoms with Crippen LogP contribution in [0.3, 0.4) is 0 Å². The molecule has 1 atom stereocenters. The van der Waals surface area contributed by atoms with Gasteiger partial charge in [-0.2, -0.15) is 0 Å². The molecule has 8 nitrogen and oxygen atoms in total. The SMILES string of the molecule is CN(C)c1ncc(CN(C)C2CCCc3cccnc32)c(CCCNC2=NCCN2)n1. The zero-order valence-electron chi connectivity index (χ0n) is 18.9. The van der Waals surface area contributed by atoms with Crippen LogP contribution in [-0.4, -0.2) is 66.6 Å². The fourth-order valence-corrected chi connectivity index (χ4v) is 4.37. The Balaban J connectivity index is 1.45. The van der Waals surface area contributed by atoms with E-state index in [1.165, 1.54) is 23.2 Å². The summed E-state index contributed by atoms with van der Waals surface area (Å²) >= 11 is 0. The lowest BCUT2D eigenvalue weighted by Gasteiger charge is -2.32. The second kappa shape index (κ2) is 10.0. The maximum Gasteiger partial charge on any atom is 0.225 e. The van der Waals surface area contributed by atoms with E-state index >= 15 is 0 Å².